The van der Waals surface area contributed by atoms with Crippen LogP contribution in [0.15, 0.2) is 36.5 Å². The topological polar surface area (TPSA) is 109 Å². The number of primary amides is 1. The lowest BCUT2D eigenvalue weighted by atomic mass is 9.97. The maximum atomic E-state index is 14.9. The molecule has 0 aliphatic carbocycles. The molecule has 218 valence electrons. The van der Waals surface area contributed by atoms with Gasteiger partial charge in [-0.1, -0.05) is 6.07 Å². The van der Waals surface area contributed by atoms with Crippen molar-refractivity contribution in [2.24, 2.45) is 11.7 Å². The molecule has 0 spiro atoms. The predicted molar refractivity (Wildman–Crippen MR) is 130 cm³/mol. The lowest BCUT2D eigenvalue weighted by Gasteiger charge is -2.34. The first kappa shape index (κ1) is 29.6. The van der Waals surface area contributed by atoms with E-state index in [0.29, 0.717) is 29.8 Å². The minimum Gasteiger partial charge on any atom is -0.492 e. The van der Waals surface area contributed by atoms with E-state index < -0.39 is 48.4 Å². The van der Waals surface area contributed by atoms with E-state index in [0.717, 1.165) is 15.9 Å². The molecule has 2 amide bonds. The Bertz CT molecular complexity index is 1220. The predicted octanol–water partition coefficient (Wildman–Crippen LogP) is 3.24. The molecule has 2 unspecified atom stereocenters. The van der Waals surface area contributed by atoms with Gasteiger partial charge in [0.05, 0.1) is 36.7 Å². The van der Waals surface area contributed by atoms with Crippen LogP contribution in [-0.4, -0.2) is 88.7 Å². The van der Waals surface area contributed by atoms with Crippen LogP contribution in [0.2, 0.25) is 0 Å². The summed E-state index contributed by atoms with van der Waals surface area (Å²) < 4.78 is 84.4. The monoisotopic (exact) mass is 574 g/mol. The first-order chi connectivity index (χ1) is 18.7. The second-order valence-electron chi connectivity index (χ2n) is 10.1. The Hall–Kier alpha value is -3.39. The highest BCUT2D eigenvalue weighted by Crippen LogP contribution is 2.36. The number of nitrogens with two attached hydrogens (primary N) is 1. The quantitative estimate of drug-likeness (QED) is 0.469. The van der Waals surface area contributed by atoms with Gasteiger partial charge in [-0.3, -0.25) is 19.5 Å². The Labute approximate surface area is 225 Å². The molecular formula is C26H28F6N4O4. The molecule has 8 nitrogen and oxygen atoms in total. The molecule has 40 heavy (non-hydrogen) atoms. The Morgan fingerprint density at radius 3 is 2.38 bits per heavy atom. The largest absolute Gasteiger partial charge is 0.492 e. The maximum absolute atomic E-state index is 14.9. The van der Waals surface area contributed by atoms with Crippen LogP contribution < -0.4 is 10.5 Å². The van der Waals surface area contributed by atoms with E-state index in [-0.39, 0.29) is 44.1 Å². The highest BCUT2D eigenvalue weighted by atomic mass is 19.4. The third-order valence-electron chi connectivity index (χ3n) is 7.13. The summed E-state index contributed by atoms with van der Waals surface area (Å²) >= 11 is 0. The third kappa shape index (κ3) is 6.66. The van der Waals surface area contributed by atoms with Crippen LogP contribution in [-0.2, 0) is 4.79 Å². The van der Waals surface area contributed by atoms with Gasteiger partial charge in [-0.25, -0.2) is 4.39 Å². The number of carbonyl (C=O) groups is 2. The summed E-state index contributed by atoms with van der Waals surface area (Å²) in [6.45, 7) is -1.07. The van der Waals surface area contributed by atoms with E-state index in [1.165, 1.54) is 18.3 Å². The first-order valence-electron chi connectivity index (χ1n) is 12.6. The Morgan fingerprint density at radius 2 is 1.80 bits per heavy atom. The van der Waals surface area contributed by atoms with Crippen molar-refractivity contribution in [1.29, 1.82) is 0 Å². The van der Waals surface area contributed by atoms with Crippen LogP contribution >= 0.6 is 0 Å². The smallest absolute Gasteiger partial charge is 0.454 e. The molecule has 1 aromatic carbocycles. The molecule has 2 aliphatic rings. The molecule has 3 N–H and O–H groups in total. The number of benzene rings is 1. The molecule has 14 heteroatoms. The zero-order valence-corrected chi connectivity index (χ0v) is 21.2. The summed E-state index contributed by atoms with van der Waals surface area (Å²) in [6.07, 6.45) is -4.31. The van der Waals surface area contributed by atoms with Gasteiger partial charge in [-0.15, -0.1) is 0 Å². The molecule has 0 bridgehead atoms. The van der Waals surface area contributed by atoms with Crippen molar-refractivity contribution in [1.82, 2.24) is 14.8 Å². The molecule has 2 fully saturated rings. The fourth-order valence-corrected chi connectivity index (χ4v) is 4.84. The number of likely N-dealkylation sites (tertiary alicyclic amines) is 2. The number of nitrogens with zero attached hydrogens (tertiary/aromatic N) is 3. The van der Waals surface area contributed by atoms with Crippen molar-refractivity contribution in [2.75, 3.05) is 32.8 Å². The standard InChI is InChI=1S/C26H28F6N4O4/c27-20-9-16(1-3-19(20)24(39)36-12-17(37)10-22(36)23(33)38)21-4-2-18(11-34-21)40-13-15-5-7-35(8-6-15)14-25(28,29)26(30,31)32/h1-4,9,11,15,17,22,37H,5-8,10,12-14H2,(H2,33,38). The minimum atomic E-state index is -5.58. The number of halogens is 6. The SMILES string of the molecule is NC(=O)C1CC(O)CN1C(=O)c1ccc(-c2ccc(OCC3CCN(CC(F)(F)C(F)(F)F)CC3)cn2)cc1F. The summed E-state index contributed by atoms with van der Waals surface area (Å²) in [5.74, 6) is -6.78. The zero-order chi connectivity index (χ0) is 29.2. The van der Waals surface area contributed by atoms with Crippen molar-refractivity contribution >= 4 is 11.8 Å². The molecule has 2 atom stereocenters. The van der Waals surface area contributed by atoms with Crippen LogP contribution in [0.3, 0.4) is 0 Å². The van der Waals surface area contributed by atoms with E-state index in [4.69, 9.17) is 10.5 Å². The first-order valence-corrected chi connectivity index (χ1v) is 12.6. The van der Waals surface area contributed by atoms with Crippen molar-refractivity contribution in [3.8, 4) is 17.0 Å². The molecule has 0 saturated carbocycles. The van der Waals surface area contributed by atoms with Crippen LogP contribution in [0, 0.1) is 11.7 Å². The van der Waals surface area contributed by atoms with Gasteiger partial charge in [-0.05, 0) is 56.1 Å². The molecule has 0 radical (unpaired) electrons. The Morgan fingerprint density at radius 1 is 1.10 bits per heavy atom. The lowest BCUT2D eigenvalue weighted by molar-refractivity contribution is -0.287. The van der Waals surface area contributed by atoms with Crippen molar-refractivity contribution in [2.45, 2.75) is 43.5 Å². The zero-order valence-electron chi connectivity index (χ0n) is 21.2. The van der Waals surface area contributed by atoms with Crippen molar-refractivity contribution in [3.05, 3.63) is 47.9 Å². The van der Waals surface area contributed by atoms with Gasteiger partial charge in [-0.2, -0.15) is 22.0 Å². The number of alkyl halides is 5. The average molecular weight is 575 g/mol. The molecular weight excluding hydrogens is 546 g/mol. The number of β-amino-alcohol motifs (C(OH)–C–C–N with tert-alkyl or cyclic N) is 1. The van der Waals surface area contributed by atoms with Crippen molar-refractivity contribution in [3.63, 3.8) is 0 Å². The number of piperidine rings is 1. The molecule has 2 aliphatic heterocycles. The maximum Gasteiger partial charge on any atom is 0.454 e. The third-order valence-corrected chi connectivity index (χ3v) is 7.13. The highest BCUT2D eigenvalue weighted by Gasteiger charge is 2.58. The van der Waals surface area contributed by atoms with Crippen LogP contribution in [0.25, 0.3) is 11.3 Å². The van der Waals surface area contributed by atoms with Gasteiger partial charge < -0.3 is 20.5 Å². The number of hydrogen-bond donors (Lipinski definition) is 2. The minimum absolute atomic E-state index is 0.0147. The van der Waals surface area contributed by atoms with Crippen molar-refractivity contribution < 1.29 is 45.8 Å². The van der Waals surface area contributed by atoms with Crippen LogP contribution in [0.5, 0.6) is 5.75 Å². The average Bonchev–Trinajstić information content (AvgIpc) is 3.29. The van der Waals surface area contributed by atoms with Gasteiger partial charge in [0.25, 0.3) is 5.91 Å². The second-order valence-corrected chi connectivity index (χ2v) is 10.1. The molecule has 2 aromatic rings. The van der Waals surface area contributed by atoms with E-state index >= 15 is 0 Å². The van der Waals surface area contributed by atoms with Gasteiger partial charge in [0, 0.05) is 18.5 Å². The second kappa shape index (κ2) is 11.6. The van der Waals surface area contributed by atoms with Gasteiger partial charge in [0.1, 0.15) is 17.6 Å². The number of pyridine rings is 1. The summed E-state index contributed by atoms with van der Waals surface area (Å²) in [7, 11) is 0. The fraction of sp³-hybridized carbons (Fsp3) is 0.500. The summed E-state index contributed by atoms with van der Waals surface area (Å²) in [6, 6.07) is 6.02. The normalized spacial score (nSPS) is 21.0. The molecule has 3 heterocycles. The fourth-order valence-electron chi connectivity index (χ4n) is 4.84. The number of amides is 2. The number of hydrogen-bond acceptors (Lipinski definition) is 6. The van der Waals surface area contributed by atoms with E-state index in [1.807, 2.05) is 0 Å². The number of rotatable bonds is 8. The van der Waals surface area contributed by atoms with E-state index in [9.17, 15) is 41.0 Å². The highest BCUT2D eigenvalue weighted by molar-refractivity contribution is 5.98. The number of carbonyl (C=O) groups excluding carboxylic acids is 2. The Balaban J connectivity index is 1.30. The summed E-state index contributed by atoms with van der Waals surface area (Å²) in [5.41, 5.74) is 5.78. The molecule has 1 aromatic heterocycles. The van der Waals surface area contributed by atoms with Crippen LogP contribution in [0.4, 0.5) is 26.3 Å². The number of aliphatic hydroxyl groups excluding tert-OH is 1. The van der Waals surface area contributed by atoms with Crippen LogP contribution in [0.1, 0.15) is 29.6 Å². The van der Waals surface area contributed by atoms with E-state index in [2.05, 4.69) is 4.98 Å². The number of aromatic nitrogens is 1. The molecule has 4 rings (SSSR count). The lowest BCUT2D eigenvalue weighted by Crippen LogP contribution is -2.49. The number of aliphatic hydroxyl groups is 1. The van der Waals surface area contributed by atoms with E-state index in [1.54, 1.807) is 12.1 Å². The van der Waals surface area contributed by atoms with Gasteiger partial charge in [0.2, 0.25) is 5.91 Å². The Kier molecular flexibility index (Phi) is 8.59. The number of ether oxygens (including phenoxy) is 1. The summed E-state index contributed by atoms with van der Waals surface area (Å²) in [5, 5.41) is 9.81. The molecule has 2 saturated heterocycles. The van der Waals surface area contributed by atoms with Gasteiger partial charge in [0.15, 0.2) is 0 Å². The summed E-state index contributed by atoms with van der Waals surface area (Å²) in [4.78, 5) is 30.8. The van der Waals surface area contributed by atoms with Gasteiger partial charge >= 0.3 is 12.1 Å².